The molecule has 0 unspecified atom stereocenters. The predicted molar refractivity (Wildman–Crippen MR) is 59.6 cm³/mol. The molecule has 7 heteroatoms. The Morgan fingerprint density at radius 2 is 2.13 bits per heavy atom. The van der Waals surface area contributed by atoms with Crippen LogP contribution in [-0.4, -0.2) is 13.4 Å². The summed E-state index contributed by atoms with van der Waals surface area (Å²) in [6, 6.07) is 7.62. The number of hydrogen-bond donors (Lipinski definition) is 2. The van der Waals surface area contributed by atoms with Crippen molar-refractivity contribution in [3.63, 3.8) is 0 Å². The van der Waals surface area contributed by atoms with Crippen molar-refractivity contribution < 1.29 is 8.42 Å². The average molecular weight is 243 g/mol. The molecule has 0 spiro atoms. The smallest absolute Gasteiger partial charge is 0.240 e. The number of aromatic nitrogens is 1. The number of rotatable bonds is 3. The number of hydrogen-bond acceptors (Lipinski definition) is 4. The van der Waals surface area contributed by atoms with Crippen LogP contribution in [0.4, 0.5) is 0 Å². The van der Waals surface area contributed by atoms with E-state index in [1.807, 2.05) is 24.3 Å². The maximum absolute atomic E-state index is 10.7. The Labute approximate surface area is 91.1 Å². The van der Waals surface area contributed by atoms with Crippen LogP contribution < -0.4 is 9.86 Å². The molecule has 0 amide bonds. The van der Waals surface area contributed by atoms with Crippen LogP contribution in [-0.2, 0) is 16.8 Å². The van der Waals surface area contributed by atoms with Crippen molar-refractivity contribution in [3.05, 3.63) is 29.3 Å². The maximum Gasteiger partial charge on any atom is 0.274 e. The standard InChI is InChI=1S/C8H9N3O2S2/c9-15(12,13)10-5-8-11-6-3-1-2-4-7(6)14-8/h1-4,10H,5H2,(H2,9,12,13). The van der Waals surface area contributed by atoms with Gasteiger partial charge < -0.3 is 0 Å². The van der Waals surface area contributed by atoms with Crippen molar-refractivity contribution in [2.24, 2.45) is 5.14 Å². The molecule has 15 heavy (non-hydrogen) atoms. The fourth-order valence-electron chi connectivity index (χ4n) is 1.16. The fraction of sp³-hybridized carbons (Fsp3) is 0.125. The number of nitrogens with zero attached hydrogens (tertiary/aromatic N) is 1. The molecule has 1 heterocycles. The molecule has 0 aliphatic rings. The van der Waals surface area contributed by atoms with E-state index in [9.17, 15) is 8.42 Å². The third-order valence-electron chi connectivity index (χ3n) is 1.76. The molecule has 2 rings (SSSR count). The van der Waals surface area contributed by atoms with E-state index in [4.69, 9.17) is 5.14 Å². The molecular weight excluding hydrogens is 234 g/mol. The summed E-state index contributed by atoms with van der Waals surface area (Å²) in [4.78, 5) is 4.25. The molecule has 3 N–H and O–H groups in total. The summed E-state index contributed by atoms with van der Waals surface area (Å²) >= 11 is 1.44. The van der Waals surface area contributed by atoms with Gasteiger partial charge in [-0.25, -0.2) is 10.1 Å². The second-order valence-corrected chi connectivity index (χ2v) is 5.44. The highest BCUT2D eigenvalue weighted by Crippen LogP contribution is 2.21. The lowest BCUT2D eigenvalue weighted by Crippen LogP contribution is -2.30. The van der Waals surface area contributed by atoms with E-state index in [1.165, 1.54) is 11.3 Å². The van der Waals surface area contributed by atoms with Crippen LogP contribution in [0.25, 0.3) is 10.2 Å². The summed E-state index contributed by atoms with van der Waals surface area (Å²) in [5, 5.41) is 5.51. The second-order valence-electron chi connectivity index (χ2n) is 2.94. The lowest BCUT2D eigenvalue weighted by Gasteiger charge is -1.96. The summed E-state index contributed by atoms with van der Waals surface area (Å²) in [5.74, 6) is 0. The van der Waals surface area contributed by atoms with Gasteiger partial charge in [-0.1, -0.05) is 12.1 Å². The zero-order chi connectivity index (χ0) is 10.9. The van der Waals surface area contributed by atoms with E-state index >= 15 is 0 Å². The summed E-state index contributed by atoms with van der Waals surface area (Å²) in [6.07, 6.45) is 0. The van der Waals surface area contributed by atoms with Gasteiger partial charge in [0.25, 0.3) is 10.2 Å². The van der Waals surface area contributed by atoms with E-state index in [0.717, 1.165) is 10.2 Å². The minimum atomic E-state index is -3.64. The Hall–Kier alpha value is -1.02. The van der Waals surface area contributed by atoms with Crippen molar-refractivity contribution in [1.82, 2.24) is 9.71 Å². The number of benzene rings is 1. The van der Waals surface area contributed by atoms with Gasteiger partial charge >= 0.3 is 0 Å². The zero-order valence-corrected chi connectivity index (χ0v) is 9.31. The molecule has 0 saturated carbocycles. The van der Waals surface area contributed by atoms with E-state index in [1.54, 1.807) is 0 Å². The third kappa shape index (κ3) is 2.72. The van der Waals surface area contributed by atoms with Crippen molar-refractivity contribution in [1.29, 1.82) is 0 Å². The molecule has 2 aromatic rings. The summed E-state index contributed by atoms with van der Waals surface area (Å²) in [7, 11) is -3.64. The van der Waals surface area contributed by atoms with Gasteiger partial charge in [0.1, 0.15) is 5.01 Å². The Morgan fingerprint density at radius 1 is 1.40 bits per heavy atom. The molecule has 0 atom stereocenters. The van der Waals surface area contributed by atoms with E-state index < -0.39 is 10.2 Å². The highest BCUT2D eigenvalue weighted by atomic mass is 32.2. The van der Waals surface area contributed by atoms with Crippen LogP contribution in [0.1, 0.15) is 5.01 Å². The lowest BCUT2D eigenvalue weighted by atomic mass is 10.3. The Balaban J connectivity index is 2.23. The molecule has 0 bridgehead atoms. The lowest BCUT2D eigenvalue weighted by molar-refractivity contribution is 0.583. The minimum Gasteiger partial charge on any atom is -0.240 e. The number of thiazole rings is 1. The molecular formula is C8H9N3O2S2. The first kappa shape index (κ1) is 10.5. The van der Waals surface area contributed by atoms with Crippen LogP contribution in [0.5, 0.6) is 0 Å². The Kier molecular flexibility index (Phi) is 2.70. The van der Waals surface area contributed by atoms with Gasteiger partial charge in [0.15, 0.2) is 0 Å². The average Bonchev–Trinajstić information content (AvgIpc) is 2.56. The van der Waals surface area contributed by atoms with Gasteiger partial charge in [-0.15, -0.1) is 11.3 Å². The van der Waals surface area contributed by atoms with Gasteiger partial charge in [0.2, 0.25) is 0 Å². The van der Waals surface area contributed by atoms with Crippen molar-refractivity contribution in [2.45, 2.75) is 6.54 Å². The Bertz CT molecular complexity index is 543. The number of para-hydroxylation sites is 1. The molecule has 1 aromatic carbocycles. The topological polar surface area (TPSA) is 85.1 Å². The zero-order valence-electron chi connectivity index (χ0n) is 7.67. The number of fused-ring (bicyclic) bond motifs is 1. The SMILES string of the molecule is NS(=O)(=O)NCc1nc2ccccc2s1. The van der Waals surface area contributed by atoms with Crippen molar-refractivity contribution >= 4 is 31.8 Å². The molecule has 0 aliphatic carbocycles. The van der Waals surface area contributed by atoms with Gasteiger partial charge in [-0.2, -0.15) is 13.1 Å². The normalized spacial score (nSPS) is 12.1. The Morgan fingerprint density at radius 3 is 2.80 bits per heavy atom. The van der Waals surface area contributed by atoms with E-state index in [2.05, 4.69) is 9.71 Å². The summed E-state index contributed by atoms with van der Waals surface area (Å²) in [6.45, 7) is 0.137. The van der Waals surface area contributed by atoms with E-state index in [-0.39, 0.29) is 6.54 Å². The highest BCUT2D eigenvalue weighted by Gasteiger charge is 2.06. The first-order chi connectivity index (χ1) is 7.04. The van der Waals surface area contributed by atoms with Gasteiger partial charge in [-0.05, 0) is 12.1 Å². The molecule has 1 aromatic heterocycles. The summed E-state index contributed by atoms with van der Waals surface area (Å²) in [5.41, 5.74) is 0.869. The molecule has 0 fully saturated rings. The van der Waals surface area contributed by atoms with Gasteiger partial charge in [0.05, 0.1) is 16.8 Å². The quantitative estimate of drug-likeness (QED) is 0.827. The monoisotopic (exact) mass is 243 g/mol. The first-order valence-electron chi connectivity index (χ1n) is 4.16. The van der Waals surface area contributed by atoms with Crippen LogP contribution >= 0.6 is 11.3 Å². The molecule has 0 aliphatic heterocycles. The minimum absolute atomic E-state index is 0.137. The van der Waals surface area contributed by atoms with Crippen LogP contribution in [0.15, 0.2) is 24.3 Å². The second kappa shape index (κ2) is 3.86. The molecule has 5 nitrogen and oxygen atoms in total. The molecule has 80 valence electrons. The predicted octanol–water partition coefficient (Wildman–Crippen LogP) is 0.589. The number of nitrogens with two attached hydrogens (primary N) is 1. The van der Waals surface area contributed by atoms with Crippen molar-refractivity contribution in [2.75, 3.05) is 0 Å². The van der Waals surface area contributed by atoms with Gasteiger partial charge in [0, 0.05) is 0 Å². The summed E-state index contributed by atoms with van der Waals surface area (Å²) < 4.78 is 24.6. The van der Waals surface area contributed by atoms with Crippen LogP contribution in [0.2, 0.25) is 0 Å². The molecule has 0 radical (unpaired) electrons. The first-order valence-corrected chi connectivity index (χ1v) is 6.53. The van der Waals surface area contributed by atoms with Crippen LogP contribution in [0, 0.1) is 0 Å². The number of nitrogens with one attached hydrogen (secondary N) is 1. The third-order valence-corrected chi connectivity index (χ3v) is 3.35. The fourth-order valence-corrected chi connectivity index (χ4v) is 2.49. The van der Waals surface area contributed by atoms with Crippen molar-refractivity contribution in [3.8, 4) is 0 Å². The highest BCUT2D eigenvalue weighted by molar-refractivity contribution is 7.87. The molecule has 0 saturated heterocycles. The van der Waals surface area contributed by atoms with Gasteiger partial charge in [-0.3, -0.25) is 0 Å². The maximum atomic E-state index is 10.7. The van der Waals surface area contributed by atoms with Crippen LogP contribution in [0.3, 0.4) is 0 Å². The van der Waals surface area contributed by atoms with E-state index in [0.29, 0.717) is 5.01 Å². The largest absolute Gasteiger partial charge is 0.274 e.